The van der Waals surface area contributed by atoms with Gasteiger partial charge in [-0.2, -0.15) is 0 Å². The summed E-state index contributed by atoms with van der Waals surface area (Å²) in [6.07, 6.45) is 2.43. The van der Waals surface area contributed by atoms with E-state index in [2.05, 4.69) is 15.3 Å². The third kappa shape index (κ3) is 2.92. The molecule has 1 amide bonds. The average Bonchev–Trinajstić information content (AvgIpc) is 3.33. The van der Waals surface area contributed by atoms with Crippen LogP contribution in [0.1, 0.15) is 12.0 Å². The normalized spacial score (nSPS) is 18.7. The number of pyridine rings is 2. The number of aromatic amines is 1. The molecule has 132 valence electrons. The van der Waals surface area contributed by atoms with Crippen molar-refractivity contribution in [2.24, 2.45) is 5.92 Å². The van der Waals surface area contributed by atoms with Gasteiger partial charge in [-0.1, -0.05) is 0 Å². The number of H-pyrrole nitrogens is 1. The predicted octanol–water partition coefficient (Wildman–Crippen LogP) is 2.78. The van der Waals surface area contributed by atoms with Crippen molar-refractivity contribution >= 4 is 28.2 Å². The minimum Gasteiger partial charge on any atom is -0.398 e. The summed E-state index contributed by atoms with van der Waals surface area (Å²) in [5.74, 6) is -0.595. The molecule has 0 spiro atoms. The van der Waals surface area contributed by atoms with Crippen molar-refractivity contribution in [1.82, 2.24) is 9.97 Å². The zero-order valence-electron chi connectivity index (χ0n) is 14.0. The van der Waals surface area contributed by atoms with Gasteiger partial charge >= 0.3 is 0 Å². The highest BCUT2D eigenvalue weighted by molar-refractivity contribution is 6.00. The number of nitrogens with zero attached hydrogens (tertiary/aromatic N) is 1. The standard InChI is InChI=1S/C19H17FN4O2/c1-9-7-23-18(25)6-12(9)10-2-11-4-17(22-8-14(11)16(21)3-10)24-19(26)13-5-15(13)20/h2-4,6-8,13,15H,5,21H2,1H3,(H,23,25)(H,22,24,26)/t13-,15+/m0/s1. The molecule has 2 atom stereocenters. The lowest BCUT2D eigenvalue weighted by atomic mass is 9.98. The highest BCUT2D eigenvalue weighted by Crippen LogP contribution is 2.35. The van der Waals surface area contributed by atoms with E-state index in [1.165, 1.54) is 6.07 Å². The van der Waals surface area contributed by atoms with Gasteiger partial charge in [-0.05, 0) is 53.6 Å². The topological polar surface area (TPSA) is 101 Å². The van der Waals surface area contributed by atoms with E-state index in [1.54, 1.807) is 24.5 Å². The summed E-state index contributed by atoms with van der Waals surface area (Å²) in [6.45, 7) is 1.90. The van der Waals surface area contributed by atoms with Crippen molar-refractivity contribution in [1.29, 1.82) is 0 Å². The van der Waals surface area contributed by atoms with Crippen LogP contribution in [0.5, 0.6) is 0 Å². The molecule has 1 saturated carbocycles. The molecule has 2 aromatic heterocycles. The maximum atomic E-state index is 13.0. The SMILES string of the molecule is Cc1c[nH]c(=O)cc1-c1cc(N)c2cnc(NC(=O)[C@H]3C[C@H]3F)cc2c1. The fourth-order valence-electron chi connectivity index (χ4n) is 3.02. The maximum Gasteiger partial charge on any atom is 0.248 e. The first-order valence-corrected chi connectivity index (χ1v) is 8.26. The lowest BCUT2D eigenvalue weighted by molar-refractivity contribution is -0.117. The lowest BCUT2D eigenvalue weighted by Crippen LogP contribution is -2.15. The minimum absolute atomic E-state index is 0.197. The summed E-state index contributed by atoms with van der Waals surface area (Å²) in [5, 5.41) is 4.16. The van der Waals surface area contributed by atoms with Gasteiger partial charge in [0.15, 0.2) is 0 Å². The molecule has 1 aliphatic rings. The van der Waals surface area contributed by atoms with E-state index in [0.29, 0.717) is 11.5 Å². The molecule has 4 N–H and O–H groups in total. The first kappa shape index (κ1) is 16.3. The summed E-state index contributed by atoms with van der Waals surface area (Å²) in [4.78, 5) is 30.4. The van der Waals surface area contributed by atoms with Gasteiger partial charge < -0.3 is 16.0 Å². The molecular weight excluding hydrogens is 335 g/mol. The Morgan fingerprint density at radius 2 is 2.12 bits per heavy atom. The number of aromatic nitrogens is 2. The Kier molecular flexibility index (Phi) is 3.72. The Bertz CT molecular complexity index is 1090. The Labute approximate surface area is 148 Å². The summed E-state index contributed by atoms with van der Waals surface area (Å²) in [6, 6.07) is 6.90. The first-order chi connectivity index (χ1) is 12.4. The number of alkyl halides is 1. The summed E-state index contributed by atoms with van der Waals surface area (Å²) in [7, 11) is 0. The molecule has 0 radical (unpaired) electrons. The van der Waals surface area contributed by atoms with Crippen molar-refractivity contribution in [2.75, 3.05) is 11.1 Å². The van der Waals surface area contributed by atoms with E-state index < -0.39 is 12.1 Å². The summed E-state index contributed by atoms with van der Waals surface area (Å²) < 4.78 is 13.0. The largest absolute Gasteiger partial charge is 0.398 e. The predicted molar refractivity (Wildman–Crippen MR) is 98.6 cm³/mol. The highest BCUT2D eigenvalue weighted by Gasteiger charge is 2.43. The van der Waals surface area contributed by atoms with Gasteiger partial charge in [-0.3, -0.25) is 9.59 Å². The number of aryl methyl sites for hydroxylation is 1. The first-order valence-electron chi connectivity index (χ1n) is 8.26. The number of halogens is 1. The third-order valence-electron chi connectivity index (χ3n) is 4.61. The number of benzene rings is 1. The van der Waals surface area contributed by atoms with Crippen molar-refractivity contribution < 1.29 is 9.18 Å². The van der Waals surface area contributed by atoms with Crippen LogP contribution in [-0.4, -0.2) is 22.0 Å². The zero-order valence-corrected chi connectivity index (χ0v) is 14.0. The average molecular weight is 352 g/mol. The van der Waals surface area contributed by atoms with Gasteiger partial charge in [0.25, 0.3) is 0 Å². The number of nitrogens with one attached hydrogen (secondary N) is 2. The molecule has 7 heteroatoms. The molecule has 0 saturated heterocycles. The van der Waals surface area contributed by atoms with Gasteiger partial charge in [0, 0.05) is 29.5 Å². The molecule has 1 aromatic carbocycles. The molecule has 4 rings (SSSR count). The minimum atomic E-state index is -1.06. The van der Waals surface area contributed by atoms with Crippen molar-refractivity contribution in [2.45, 2.75) is 19.5 Å². The number of anilines is 2. The summed E-state index contributed by atoms with van der Waals surface area (Å²) >= 11 is 0. The van der Waals surface area contributed by atoms with E-state index >= 15 is 0 Å². The molecule has 1 aliphatic carbocycles. The van der Waals surface area contributed by atoms with Crippen LogP contribution in [0.15, 0.2) is 41.5 Å². The van der Waals surface area contributed by atoms with E-state index in [-0.39, 0.29) is 17.9 Å². The van der Waals surface area contributed by atoms with Crippen LogP contribution >= 0.6 is 0 Å². The number of rotatable bonds is 3. The number of nitrogens with two attached hydrogens (primary N) is 1. The van der Waals surface area contributed by atoms with Crippen molar-refractivity contribution in [3.8, 4) is 11.1 Å². The lowest BCUT2D eigenvalue weighted by Gasteiger charge is -2.11. The monoisotopic (exact) mass is 352 g/mol. The number of nitrogen functional groups attached to an aromatic ring is 1. The van der Waals surface area contributed by atoms with Crippen molar-refractivity contribution in [3.05, 3.63) is 52.6 Å². The number of hydrogen-bond donors (Lipinski definition) is 3. The van der Waals surface area contributed by atoms with Crippen LogP contribution in [0.3, 0.4) is 0 Å². The summed E-state index contributed by atoms with van der Waals surface area (Å²) in [5.41, 5.74) is 8.96. The molecule has 0 unspecified atom stereocenters. The number of hydrogen-bond acceptors (Lipinski definition) is 4. The molecule has 26 heavy (non-hydrogen) atoms. The van der Waals surface area contributed by atoms with Crippen LogP contribution in [-0.2, 0) is 4.79 Å². The van der Waals surface area contributed by atoms with Gasteiger partial charge in [-0.15, -0.1) is 0 Å². The van der Waals surface area contributed by atoms with Crippen LogP contribution in [0, 0.1) is 12.8 Å². The van der Waals surface area contributed by atoms with E-state index in [0.717, 1.165) is 27.5 Å². The molecule has 1 fully saturated rings. The second-order valence-corrected chi connectivity index (χ2v) is 6.60. The molecule has 3 aromatic rings. The highest BCUT2D eigenvalue weighted by atomic mass is 19.1. The quantitative estimate of drug-likeness (QED) is 0.631. The van der Waals surface area contributed by atoms with E-state index in [4.69, 9.17) is 5.73 Å². The van der Waals surface area contributed by atoms with Crippen LogP contribution < -0.4 is 16.6 Å². The molecule has 6 nitrogen and oxygen atoms in total. The molecule has 0 bridgehead atoms. The number of carbonyl (C=O) groups excluding carboxylic acids is 1. The van der Waals surface area contributed by atoms with Gasteiger partial charge in [0.1, 0.15) is 12.0 Å². The Balaban J connectivity index is 1.76. The smallest absolute Gasteiger partial charge is 0.248 e. The zero-order chi connectivity index (χ0) is 18.4. The molecule has 0 aliphatic heterocycles. The van der Waals surface area contributed by atoms with Gasteiger partial charge in [0.05, 0.1) is 5.92 Å². The van der Waals surface area contributed by atoms with Gasteiger partial charge in [0.2, 0.25) is 11.5 Å². The van der Waals surface area contributed by atoms with Gasteiger partial charge in [-0.25, -0.2) is 9.37 Å². The van der Waals surface area contributed by atoms with Crippen molar-refractivity contribution in [3.63, 3.8) is 0 Å². The Morgan fingerprint density at radius 1 is 1.35 bits per heavy atom. The van der Waals surface area contributed by atoms with E-state index in [9.17, 15) is 14.0 Å². The molecular formula is C19H17FN4O2. The second-order valence-electron chi connectivity index (χ2n) is 6.60. The second kappa shape index (κ2) is 5.94. The Hall–Kier alpha value is -3.22. The van der Waals surface area contributed by atoms with Crippen LogP contribution in [0.25, 0.3) is 21.9 Å². The third-order valence-corrected chi connectivity index (χ3v) is 4.61. The molecule has 2 heterocycles. The number of amides is 1. The van der Waals surface area contributed by atoms with Crippen LogP contribution in [0.4, 0.5) is 15.9 Å². The maximum absolute atomic E-state index is 13.0. The fourth-order valence-corrected chi connectivity index (χ4v) is 3.02. The Morgan fingerprint density at radius 3 is 2.85 bits per heavy atom. The fraction of sp³-hybridized carbons (Fsp3) is 0.211. The number of carbonyl (C=O) groups is 1. The number of fused-ring (bicyclic) bond motifs is 1. The van der Waals surface area contributed by atoms with E-state index in [1.807, 2.05) is 13.0 Å². The van der Waals surface area contributed by atoms with Crippen LogP contribution in [0.2, 0.25) is 0 Å².